The Kier molecular flexibility index (Phi) is 5.11. The normalized spacial score (nSPS) is 14.6. The summed E-state index contributed by atoms with van der Waals surface area (Å²) in [5.74, 6) is 0.629. The topological polar surface area (TPSA) is 112 Å². The van der Waals surface area contributed by atoms with Crippen LogP contribution in [0.1, 0.15) is 18.5 Å². The molecule has 0 saturated carbocycles. The summed E-state index contributed by atoms with van der Waals surface area (Å²) in [4.78, 5) is 21.3. The molecule has 1 aromatic carbocycles. The Morgan fingerprint density at radius 1 is 0.935 bits per heavy atom. The minimum absolute atomic E-state index is 0.322. The maximum absolute atomic E-state index is 13.5. The van der Waals surface area contributed by atoms with Gasteiger partial charge in [0.2, 0.25) is 6.29 Å². The molecule has 0 unspecified atom stereocenters. The molecule has 156 valence electrons. The van der Waals surface area contributed by atoms with E-state index in [0.29, 0.717) is 53.3 Å². The molecule has 8 nitrogen and oxygen atoms in total. The fraction of sp³-hybridized carbons (Fsp3) is 0.182. The van der Waals surface area contributed by atoms with Crippen molar-refractivity contribution in [3.05, 3.63) is 66.5 Å². The van der Waals surface area contributed by atoms with Crippen molar-refractivity contribution in [2.24, 2.45) is 0 Å². The average Bonchev–Trinajstić information content (AvgIpc) is 3.26. The summed E-state index contributed by atoms with van der Waals surface area (Å²) in [5, 5.41) is 0. The molecule has 0 spiro atoms. The maximum Gasteiger partial charge on any atom is 0.217 e. The first-order chi connectivity index (χ1) is 15.2. The molecule has 0 bridgehead atoms. The lowest BCUT2D eigenvalue weighted by molar-refractivity contribution is -0.186. The van der Waals surface area contributed by atoms with Gasteiger partial charge >= 0.3 is 0 Å². The van der Waals surface area contributed by atoms with E-state index >= 15 is 0 Å². The molecular formula is C22H19FN6O2. The van der Waals surface area contributed by atoms with Crippen molar-refractivity contribution >= 4 is 5.69 Å². The van der Waals surface area contributed by atoms with Crippen LogP contribution in [0.25, 0.3) is 34.2 Å². The van der Waals surface area contributed by atoms with Crippen LogP contribution in [0.3, 0.4) is 0 Å². The highest BCUT2D eigenvalue weighted by Gasteiger charge is 2.24. The van der Waals surface area contributed by atoms with Gasteiger partial charge in [-0.2, -0.15) is 0 Å². The van der Waals surface area contributed by atoms with E-state index in [1.807, 2.05) is 0 Å². The minimum Gasteiger partial charge on any atom is -0.399 e. The lowest BCUT2D eigenvalue weighted by atomic mass is 10.1. The Balaban J connectivity index is 1.61. The molecule has 5 rings (SSSR count). The van der Waals surface area contributed by atoms with Crippen LogP contribution in [0.4, 0.5) is 10.1 Å². The summed E-state index contributed by atoms with van der Waals surface area (Å²) >= 11 is 0. The number of rotatable bonds is 4. The van der Waals surface area contributed by atoms with Crippen molar-refractivity contribution < 1.29 is 13.9 Å². The van der Waals surface area contributed by atoms with E-state index in [2.05, 4.69) is 19.9 Å². The summed E-state index contributed by atoms with van der Waals surface area (Å²) in [6.07, 6.45) is 3.48. The fourth-order valence-corrected chi connectivity index (χ4v) is 3.34. The van der Waals surface area contributed by atoms with Crippen LogP contribution in [0.2, 0.25) is 0 Å². The van der Waals surface area contributed by atoms with Crippen LogP contribution in [-0.2, 0) is 9.47 Å². The maximum atomic E-state index is 13.5. The van der Waals surface area contributed by atoms with Crippen LogP contribution in [0.15, 0.2) is 54.9 Å². The number of nitrogens with zero attached hydrogens (tertiary/aromatic N) is 4. The number of benzene rings is 1. The van der Waals surface area contributed by atoms with E-state index < -0.39 is 6.29 Å². The summed E-state index contributed by atoms with van der Waals surface area (Å²) in [6.45, 7) is 1.18. The molecule has 1 saturated heterocycles. The Labute approximate surface area is 177 Å². The van der Waals surface area contributed by atoms with Gasteiger partial charge in [-0.05, 0) is 48.9 Å². The van der Waals surface area contributed by atoms with Crippen molar-refractivity contribution in [2.45, 2.75) is 12.7 Å². The number of aromatic nitrogens is 5. The summed E-state index contributed by atoms with van der Waals surface area (Å²) < 4.78 is 24.9. The van der Waals surface area contributed by atoms with E-state index in [4.69, 9.17) is 20.2 Å². The van der Waals surface area contributed by atoms with E-state index in [9.17, 15) is 4.39 Å². The van der Waals surface area contributed by atoms with Gasteiger partial charge < -0.3 is 20.2 Å². The number of H-pyrrole nitrogens is 1. The molecule has 1 aliphatic heterocycles. The zero-order chi connectivity index (χ0) is 21.2. The van der Waals surface area contributed by atoms with Gasteiger partial charge in [-0.15, -0.1) is 0 Å². The number of hydrogen-bond acceptors (Lipinski definition) is 7. The van der Waals surface area contributed by atoms with E-state index in [-0.39, 0.29) is 5.82 Å². The van der Waals surface area contributed by atoms with Gasteiger partial charge in [0.05, 0.1) is 30.3 Å². The Hall–Kier alpha value is -3.69. The first-order valence-corrected chi connectivity index (χ1v) is 9.82. The molecule has 31 heavy (non-hydrogen) atoms. The molecule has 1 aliphatic rings. The number of aromatic amines is 1. The summed E-state index contributed by atoms with van der Waals surface area (Å²) in [7, 11) is 0. The number of hydrogen-bond donors (Lipinski definition) is 2. The third kappa shape index (κ3) is 4.00. The fourth-order valence-electron chi connectivity index (χ4n) is 3.34. The van der Waals surface area contributed by atoms with E-state index in [1.54, 1.807) is 42.7 Å². The molecule has 4 heterocycles. The Morgan fingerprint density at radius 2 is 1.71 bits per heavy atom. The second kappa shape index (κ2) is 8.21. The number of anilines is 1. The Morgan fingerprint density at radius 3 is 2.48 bits per heavy atom. The molecule has 3 N–H and O–H groups in total. The van der Waals surface area contributed by atoms with E-state index in [0.717, 1.165) is 12.0 Å². The van der Waals surface area contributed by atoms with Crippen LogP contribution < -0.4 is 5.73 Å². The van der Waals surface area contributed by atoms with Crippen LogP contribution in [0, 0.1) is 5.82 Å². The number of nitrogens with two attached hydrogens (primary N) is 1. The highest BCUT2D eigenvalue weighted by Crippen LogP contribution is 2.33. The quantitative estimate of drug-likeness (QED) is 0.519. The number of nitrogens with one attached hydrogen (secondary N) is 1. The molecule has 1 fully saturated rings. The zero-order valence-electron chi connectivity index (χ0n) is 16.5. The van der Waals surface area contributed by atoms with Crippen molar-refractivity contribution in [3.63, 3.8) is 0 Å². The standard InChI is InChI=1S/C22H19FN6O2/c23-14-4-2-13(3-5-14)18-19(29-21(28-18)22-30-10-1-11-31-22)16-7-9-26-20(27-16)17-12-15(24)6-8-25-17/h2-9,12,22H,1,10-11H2,(H2,24,25)(H,28,29). The summed E-state index contributed by atoms with van der Waals surface area (Å²) in [5.41, 5.74) is 9.59. The molecular weight excluding hydrogens is 399 g/mol. The van der Waals surface area contributed by atoms with Gasteiger partial charge in [0.25, 0.3) is 0 Å². The zero-order valence-corrected chi connectivity index (χ0v) is 16.5. The smallest absolute Gasteiger partial charge is 0.217 e. The third-order valence-corrected chi connectivity index (χ3v) is 4.81. The van der Waals surface area contributed by atoms with Gasteiger partial charge in [-0.25, -0.2) is 19.3 Å². The third-order valence-electron chi connectivity index (χ3n) is 4.81. The number of halogens is 1. The van der Waals surface area contributed by atoms with Crippen molar-refractivity contribution in [1.82, 2.24) is 24.9 Å². The molecule has 9 heteroatoms. The lowest BCUT2D eigenvalue weighted by Crippen LogP contribution is -2.18. The highest BCUT2D eigenvalue weighted by atomic mass is 19.1. The monoisotopic (exact) mass is 418 g/mol. The predicted octanol–water partition coefficient (Wildman–Crippen LogP) is 3.75. The minimum atomic E-state index is -0.599. The van der Waals surface area contributed by atoms with Crippen LogP contribution in [0.5, 0.6) is 0 Å². The second-order valence-electron chi connectivity index (χ2n) is 7.02. The summed E-state index contributed by atoms with van der Waals surface area (Å²) in [6, 6.07) is 11.3. The van der Waals surface area contributed by atoms with E-state index in [1.165, 1.54) is 12.1 Å². The van der Waals surface area contributed by atoms with Gasteiger partial charge in [-0.1, -0.05) is 0 Å². The molecule has 3 aromatic heterocycles. The first kappa shape index (κ1) is 19.3. The van der Waals surface area contributed by atoms with Crippen LogP contribution in [-0.4, -0.2) is 38.1 Å². The molecule has 0 amide bonds. The van der Waals surface area contributed by atoms with Crippen molar-refractivity contribution in [2.75, 3.05) is 18.9 Å². The molecule has 0 atom stereocenters. The predicted molar refractivity (Wildman–Crippen MR) is 112 cm³/mol. The number of pyridine rings is 1. The van der Waals surface area contributed by atoms with Crippen LogP contribution >= 0.6 is 0 Å². The molecule has 0 aliphatic carbocycles. The lowest BCUT2D eigenvalue weighted by Gasteiger charge is -2.21. The number of ether oxygens (including phenoxy) is 2. The van der Waals surface area contributed by atoms with Gasteiger partial charge in [0.1, 0.15) is 11.5 Å². The number of imidazole rings is 1. The van der Waals surface area contributed by atoms with Gasteiger partial charge in [-0.3, -0.25) is 4.98 Å². The van der Waals surface area contributed by atoms with Gasteiger partial charge in [0.15, 0.2) is 11.6 Å². The second-order valence-corrected chi connectivity index (χ2v) is 7.02. The highest BCUT2D eigenvalue weighted by molar-refractivity contribution is 5.77. The van der Waals surface area contributed by atoms with Crippen molar-refractivity contribution in [1.29, 1.82) is 0 Å². The van der Waals surface area contributed by atoms with Crippen molar-refractivity contribution in [3.8, 4) is 34.2 Å². The number of nitrogen functional groups attached to an aromatic ring is 1. The largest absolute Gasteiger partial charge is 0.399 e. The molecule has 4 aromatic rings. The average molecular weight is 418 g/mol. The Bertz CT molecular complexity index is 1200. The SMILES string of the molecule is Nc1ccnc(-c2nccc(-c3[nH]c(C4OCCCO4)nc3-c3ccc(F)cc3)n2)c1. The molecule has 0 radical (unpaired) electrons. The first-order valence-electron chi connectivity index (χ1n) is 9.82. The van der Waals surface area contributed by atoms with Gasteiger partial charge in [0, 0.05) is 23.6 Å².